The Kier molecular flexibility index (Phi) is 4.63. The lowest BCUT2D eigenvalue weighted by Gasteiger charge is -2.09. The third kappa shape index (κ3) is 3.61. The van der Waals surface area contributed by atoms with Gasteiger partial charge in [0.15, 0.2) is 11.5 Å². The predicted octanol–water partition coefficient (Wildman–Crippen LogP) is 4.04. The fourth-order valence-corrected chi connectivity index (χ4v) is 3.37. The van der Waals surface area contributed by atoms with Crippen molar-refractivity contribution < 1.29 is 9.18 Å². The van der Waals surface area contributed by atoms with Gasteiger partial charge in [0.05, 0.1) is 11.9 Å². The summed E-state index contributed by atoms with van der Waals surface area (Å²) in [6.45, 7) is 0.312. The summed E-state index contributed by atoms with van der Waals surface area (Å²) in [6.07, 6.45) is 7.41. The fraction of sp³-hybridized carbons (Fsp3) is 0.174. The molecular formula is C23H20FN5O. The zero-order chi connectivity index (χ0) is 20.5. The van der Waals surface area contributed by atoms with Gasteiger partial charge in [0.25, 0.3) is 5.91 Å². The average molecular weight is 401 g/mol. The molecule has 30 heavy (non-hydrogen) atoms. The molecule has 0 saturated heterocycles. The summed E-state index contributed by atoms with van der Waals surface area (Å²) in [6, 6.07) is 14.5. The van der Waals surface area contributed by atoms with Crippen molar-refractivity contribution in [3.05, 3.63) is 84.1 Å². The van der Waals surface area contributed by atoms with E-state index in [0.29, 0.717) is 35.2 Å². The van der Waals surface area contributed by atoms with Gasteiger partial charge in [0.2, 0.25) is 0 Å². The van der Waals surface area contributed by atoms with Crippen molar-refractivity contribution in [1.29, 1.82) is 0 Å². The molecule has 150 valence electrons. The summed E-state index contributed by atoms with van der Waals surface area (Å²) in [5, 5.41) is 6.16. The van der Waals surface area contributed by atoms with E-state index in [1.165, 1.54) is 6.07 Å². The highest BCUT2D eigenvalue weighted by atomic mass is 19.1. The van der Waals surface area contributed by atoms with E-state index >= 15 is 0 Å². The first-order valence-corrected chi connectivity index (χ1v) is 9.90. The Hall–Kier alpha value is -3.74. The highest BCUT2D eigenvalue weighted by Crippen LogP contribution is 2.25. The fourth-order valence-electron chi connectivity index (χ4n) is 3.37. The Morgan fingerprint density at radius 2 is 1.90 bits per heavy atom. The molecule has 4 aromatic rings. The van der Waals surface area contributed by atoms with Gasteiger partial charge < -0.3 is 10.6 Å². The van der Waals surface area contributed by atoms with Crippen molar-refractivity contribution in [1.82, 2.24) is 19.7 Å². The van der Waals surface area contributed by atoms with Gasteiger partial charge in [0, 0.05) is 41.7 Å². The molecule has 1 aliphatic rings. The van der Waals surface area contributed by atoms with E-state index in [4.69, 9.17) is 0 Å². The van der Waals surface area contributed by atoms with Crippen molar-refractivity contribution >= 4 is 17.4 Å². The van der Waals surface area contributed by atoms with Gasteiger partial charge in [-0.2, -0.15) is 0 Å². The number of amides is 1. The van der Waals surface area contributed by atoms with Crippen LogP contribution in [0.3, 0.4) is 0 Å². The molecule has 5 rings (SSSR count). The van der Waals surface area contributed by atoms with Crippen LogP contribution in [0.1, 0.15) is 28.8 Å². The van der Waals surface area contributed by atoms with E-state index in [2.05, 4.69) is 20.6 Å². The number of nitrogens with one attached hydrogen (secondary N) is 2. The second-order valence-electron chi connectivity index (χ2n) is 7.38. The molecular weight excluding hydrogens is 381 g/mol. The molecule has 6 nitrogen and oxygen atoms in total. The number of hydrogen-bond acceptors (Lipinski definition) is 4. The Bertz CT molecular complexity index is 1210. The second-order valence-corrected chi connectivity index (χ2v) is 7.38. The number of fused-ring (bicyclic) bond motifs is 1. The molecule has 1 fully saturated rings. The number of halogens is 1. The molecule has 0 spiro atoms. The smallest absolute Gasteiger partial charge is 0.251 e. The molecule has 0 atom stereocenters. The molecule has 0 bridgehead atoms. The van der Waals surface area contributed by atoms with Crippen LogP contribution in [0.15, 0.2) is 67.1 Å². The van der Waals surface area contributed by atoms with Crippen LogP contribution < -0.4 is 10.6 Å². The zero-order valence-electron chi connectivity index (χ0n) is 16.2. The summed E-state index contributed by atoms with van der Waals surface area (Å²) >= 11 is 0. The van der Waals surface area contributed by atoms with E-state index in [1.807, 2.05) is 34.9 Å². The van der Waals surface area contributed by atoms with Crippen molar-refractivity contribution in [3.63, 3.8) is 0 Å². The van der Waals surface area contributed by atoms with Crippen LogP contribution in [-0.2, 0) is 6.54 Å². The Balaban J connectivity index is 1.39. The topological polar surface area (TPSA) is 71.3 Å². The predicted molar refractivity (Wildman–Crippen MR) is 113 cm³/mol. The maximum absolute atomic E-state index is 13.9. The molecule has 7 heteroatoms. The van der Waals surface area contributed by atoms with Crippen molar-refractivity contribution in [3.8, 4) is 11.3 Å². The van der Waals surface area contributed by atoms with Gasteiger partial charge in [-0.25, -0.2) is 14.4 Å². The largest absolute Gasteiger partial charge is 0.363 e. The Morgan fingerprint density at radius 1 is 1.10 bits per heavy atom. The highest BCUT2D eigenvalue weighted by molar-refractivity contribution is 5.95. The number of benzene rings is 2. The zero-order valence-corrected chi connectivity index (χ0v) is 16.2. The standard InChI is InChI=1S/C23H20FN5O/c24-19-4-2-1-3-17(19)13-26-21-22-27-14-20(29(22)12-11-25-21)15-5-7-16(8-6-15)23(30)28-18-9-10-18/h1-8,11-12,14,18H,9-10,13H2,(H,25,26)(H,28,30). The van der Waals surface area contributed by atoms with Gasteiger partial charge in [-0.3, -0.25) is 9.20 Å². The quantitative estimate of drug-likeness (QED) is 0.512. The van der Waals surface area contributed by atoms with E-state index < -0.39 is 0 Å². The Morgan fingerprint density at radius 3 is 2.67 bits per heavy atom. The Labute approximate surface area is 172 Å². The first-order valence-electron chi connectivity index (χ1n) is 9.90. The number of aromatic nitrogens is 3. The lowest BCUT2D eigenvalue weighted by atomic mass is 10.1. The molecule has 2 aromatic heterocycles. The van der Waals surface area contributed by atoms with Crippen LogP contribution in [0.5, 0.6) is 0 Å². The molecule has 1 amide bonds. The molecule has 1 saturated carbocycles. The number of hydrogen-bond donors (Lipinski definition) is 2. The van der Waals surface area contributed by atoms with Crippen LogP contribution in [0.4, 0.5) is 10.2 Å². The molecule has 2 heterocycles. The second kappa shape index (κ2) is 7.59. The number of carbonyl (C=O) groups is 1. The van der Waals surface area contributed by atoms with Crippen LogP contribution in [0.2, 0.25) is 0 Å². The molecule has 2 N–H and O–H groups in total. The minimum absolute atomic E-state index is 0.0361. The third-order valence-corrected chi connectivity index (χ3v) is 5.19. The van der Waals surface area contributed by atoms with Gasteiger partial charge in [-0.15, -0.1) is 0 Å². The van der Waals surface area contributed by atoms with Gasteiger partial charge in [-0.05, 0) is 31.0 Å². The number of anilines is 1. The monoisotopic (exact) mass is 401 g/mol. The van der Waals surface area contributed by atoms with Crippen LogP contribution in [0, 0.1) is 5.82 Å². The number of imidazole rings is 1. The average Bonchev–Trinajstić information content (AvgIpc) is 3.48. The maximum atomic E-state index is 13.9. The molecule has 0 unspecified atom stereocenters. The normalized spacial score (nSPS) is 13.4. The van der Waals surface area contributed by atoms with Gasteiger partial charge >= 0.3 is 0 Å². The number of rotatable bonds is 6. The summed E-state index contributed by atoms with van der Waals surface area (Å²) in [7, 11) is 0. The lowest BCUT2D eigenvalue weighted by molar-refractivity contribution is 0.0951. The number of nitrogens with zero attached hydrogens (tertiary/aromatic N) is 3. The minimum Gasteiger partial charge on any atom is -0.363 e. The third-order valence-electron chi connectivity index (χ3n) is 5.19. The summed E-state index contributed by atoms with van der Waals surface area (Å²) in [5.74, 6) is 0.283. The van der Waals surface area contributed by atoms with E-state index in [0.717, 1.165) is 24.1 Å². The van der Waals surface area contributed by atoms with Gasteiger partial charge in [-0.1, -0.05) is 30.3 Å². The summed E-state index contributed by atoms with van der Waals surface area (Å²) < 4.78 is 15.8. The molecule has 2 aromatic carbocycles. The number of carbonyl (C=O) groups excluding carboxylic acids is 1. The van der Waals surface area contributed by atoms with E-state index in [-0.39, 0.29) is 11.7 Å². The van der Waals surface area contributed by atoms with Crippen LogP contribution >= 0.6 is 0 Å². The first-order chi connectivity index (χ1) is 14.7. The minimum atomic E-state index is -0.258. The lowest BCUT2D eigenvalue weighted by Crippen LogP contribution is -2.25. The van der Waals surface area contributed by atoms with Crippen molar-refractivity contribution in [2.24, 2.45) is 0 Å². The highest BCUT2D eigenvalue weighted by Gasteiger charge is 2.23. The van der Waals surface area contributed by atoms with E-state index in [9.17, 15) is 9.18 Å². The van der Waals surface area contributed by atoms with Crippen LogP contribution in [-0.4, -0.2) is 26.3 Å². The van der Waals surface area contributed by atoms with E-state index in [1.54, 1.807) is 30.6 Å². The van der Waals surface area contributed by atoms with Crippen LogP contribution in [0.25, 0.3) is 16.9 Å². The summed E-state index contributed by atoms with van der Waals surface area (Å²) in [4.78, 5) is 21.1. The molecule has 1 aliphatic carbocycles. The van der Waals surface area contributed by atoms with Crippen molar-refractivity contribution in [2.45, 2.75) is 25.4 Å². The molecule has 0 aliphatic heterocycles. The van der Waals surface area contributed by atoms with Gasteiger partial charge in [0.1, 0.15) is 5.82 Å². The maximum Gasteiger partial charge on any atom is 0.251 e. The first kappa shape index (κ1) is 18.3. The SMILES string of the molecule is O=C(NC1CC1)c1ccc(-c2cnc3c(NCc4ccccc4F)nccn23)cc1. The van der Waals surface area contributed by atoms with Crippen molar-refractivity contribution in [2.75, 3.05) is 5.32 Å². The summed E-state index contributed by atoms with van der Waals surface area (Å²) in [5.41, 5.74) is 3.69. The molecule has 0 radical (unpaired) electrons.